The Bertz CT molecular complexity index is 534. The van der Waals surface area contributed by atoms with Crippen LogP contribution in [0.4, 0.5) is 4.39 Å². The van der Waals surface area contributed by atoms with E-state index in [9.17, 15) is 9.18 Å². The number of likely N-dealkylation sites (N-methyl/N-ethyl adjacent to an activating group) is 1. The van der Waals surface area contributed by atoms with Crippen molar-refractivity contribution in [2.45, 2.75) is 19.9 Å². The van der Waals surface area contributed by atoms with Crippen LogP contribution < -0.4 is 11.1 Å². The molecule has 0 heterocycles. The summed E-state index contributed by atoms with van der Waals surface area (Å²) in [6, 6.07) is 4.48. The molecule has 1 amide bonds. The van der Waals surface area contributed by atoms with Crippen LogP contribution in [-0.4, -0.2) is 37.5 Å². The molecule has 0 saturated carbocycles. The van der Waals surface area contributed by atoms with Gasteiger partial charge < -0.3 is 11.1 Å². The SMILES string of the molecule is CCCNC(=O)CN(C)Cc1ccc(F)cc1C#CCN. The van der Waals surface area contributed by atoms with Crippen LogP contribution in [0.3, 0.4) is 0 Å². The summed E-state index contributed by atoms with van der Waals surface area (Å²) in [5, 5.41) is 2.82. The number of rotatable bonds is 6. The lowest BCUT2D eigenvalue weighted by atomic mass is 10.1. The highest BCUT2D eigenvalue weighted by Gasteiger charge is 2.09. The first-order valence-electron chi connectivity index (χ1n) is 6.99. The quantitative estimate of drug-likeness (QED) is 0.772. The molecule has 114 valence electrons. The number of nitrogens with two attached hydrogens (primary N) is 1. The van der Waals surface area contributed by atoms with Crippen LogP contribution in [0.5, 0.6) is 0 Å². The van der Waals surface area contributed by atoms with Crippen molar-refractivity contribution in [3.8, 4) is 11.8 Å². The van der Waals surface area contributed by atoms with E-state index < -0.39 is 0 Å². The number of carbonyl (C=O) groups excluding carboxylic acids is 1. The summed E-state index contributed by atoms with van der Waals surface area (Å²) < 4.78 is 13.3. The zero-order valence-electron chi connectivity index (χ0n) is 12.6. The Balaban J connectivity index is 2.71. The Labute approximate surface area is 125 Å². The van der Waals surface area contributed by atoms with Gasteiger partial charge in [-0.05, 0) is 31.2 Å². The fourth-order valence-electron chi connectivity index (χ4n) is 1.86. The van der Waals surface area contributed by atoms with Crippen molar-refractivity contribution in [2.24, 2.45) is 5.73 Å². The number of nitrogens with one attached hydrogen (secondary N) is 1. The molecular formula is C16H22FN3O. The first-order valence-corrected chi connectivity index (χ1v) is 6.99. The van der Waals surface area contributed by atoms with E-state index in [0.717, 1.165) is 12.0 Å². The minimum atomic E-state index is -0.330. The second-order valence-electron chi connectivity index (χ2n) is 4.83. The fraction of sp³-hybridized carbons (Fsp3) is 0.438. The standard InChI is InChI=1S/C16H22FN3O/c1-3-9-19-16(21)12-20(2)11-14-6-7-15(17)10-13(14)5-4-8-18/h6-7,10H,3,8-9,11-12,18H2,1-2H3,(H,19,21). The van der Waals surface area contributed by atoms with E-state index in [0.29, 0.717) is 25.2 Å². The number of carbonyl (C=O) groups is 1. The molecule has 1 aromatic rings. The largest absolute Gasteiger partial charge is 0.355 e. The summed E-state index contributed by atoms with van der Waals surface area (Å²) in [5.74, 6) is 5.24. The topological polar surface area (TPSA) is 58.4 Å². The molecule has 1 rings (SSSR count). The monoisotopic (exact) mass is 291 g/mol. The number of hydrogen-bond donors (Lipinski definition) is 2. The van der Waals surface area contributed by atoms with E-state index in [1.54, 1.807) is 6.07 Å². The van der Waals surface area contributed by atoms with Crippen molar-refractivity contribution < 1.29 is 9.18 Å². The van der Waals surface area contributed by atoms with Crippen LogP contribution in [0.25, 0.3) is 0 Å². The Morgan fingerprint density at radius 1 is 1.48 bits per heavy atom. The van der Waals surface area contributed by atoms with Crippen molar-refractivity contribution in [1.82, 2.24) is 10.2 Å². The molecule has 3 N–H and O–H groups in total. The first kappa shape index (κ1) is 17.2. The van der Waals surface area contributed by atoms with Crippen LogP contribution in [-0.2, 0) is 11.3 Å². The van der Waals surface area contributed by atoms with Gasteiger partial charge in [-0.1, -0.05) is 24.8 Å². The van der Waals surface area contributed by atoms with Crippen LogP contribution >= 0.6 is 0 Å². The molecule has 5 heteroatoms. The smallest absolute Gasteiger partial charge is 0.234 e. The fourth-order valence-corrected chi connectivity index (χ4v) is 1.86. The third kappa shape index (κ3) is 6.39. The van der Waals surface area contributed by atoms with Gasteiger partial charge in [-0.3, -0.25) is 9.69 Å². The molecule has 0 spiro atoms. The molecule has 0 aromatic heterocycles. The zero-order chi connectivity index (χ0) is 15.7. The Hall–Kier alpha value is -1.90. The van der Waals surface area contributed by atoms with Gasteiger partial charge in [0.2, 0.25) is 5.91 Å². The summed E-state index contributed by atoms with van der Waals surface area (Å²) in [5.41, 5.74) is 6.84. The highest BCUT2D eigenvalue weighted by Crippen LogP contribution is 2.12. The number of halogens is 1. The third-order valence-corrected chi connectivity index (χ3v) is 2.82. The maximum atomic E-state index is 13.3. The number of amides is 1. The van der Waals surface area contributed by atoms with Crippen molar-refractivity contribution in [3.05, 3.63) is 35.1 Å². The van der Waals surface area contributed by atoms with Gasteiger partial charge in [-0.25, -0.2) is 4.39 Å². The number of benzene rings is 1. The minimum Gasteiger partial charge on any atom is -0.355 e. The van der Waals surface area contributed by atoms with E-state index in [2.05, 4.69) is 17.2 Å². The normalized spacial score (nSPS) is 10.1. The molecule has 0 radical (unpaired) electrons. The molecule has 1 aromatic carbocycles. The predicted octanol–water partition coefficient (Wildman–Crippen LogP) is 1.09. The third-order valence-electron chi connectivity index (χ3n) is 2.82. The van der Waals surface area contributed by atoms with Gasteiger partial charge in [0.05, 0.1) is 13.1 Å². The van der Waals surface area contributed by atoms with Crippen molar-refractivity contribution in [2.75, 3.05) is 26.7 Å². The first-order chi connectivity index (χ1) is 10.1. The lowest BCUT2D eigenvalue weighted by Crippen LogP contribution is -2.35. The van der Waals surface area contributed by atoms with Crippen LogP contribution in [0.1, 0.15) is 24.5 Å². The highest BCUT2D eigenvalue weighted by molar-refractivity contribution is 5.77. The Morgan fingerprint density at radius 3 is 2.90 bits per heavy atom. The molecule has 0 bridgehead atoms. The summed E-state index contributed by atoms with van der Waals surface area (Å²) in [6.07, 6.45) is 0.909. The Kier molecular flexibility index (Phi) is 7.44. The summed E-state index contributed by atoms with van der Waals surface area (Å²) in [6.45, 7) is 3.72. The molecule has 0 aliphatic carbocycles. The van der Waals surface area contributed by atoms with E-state index in [1.165, 1.54) is 12.1 Å². The van der Waals surface area contributed by atoms with Gasteiger partial charge in [0, 0.05) is 18.7 Å². The van der Waals surface area contributed by atoms with Crippen molar-refractivity contribution in [1.29, 1.82) is 0 Å². The van der Waals surface area contributed by atoms with Gasteiger partial charge in [0.1, 0.15) is 5.82 Å². The molecule has 0 unspecified atom stereocenters. The van der Waals surface area contributed by atoms with Gasteiger partial charge in [-0.2, -0.15) is 0 Å². The second-order valence-corrected chi connectivity index (χ2v) is 4.83. The molecule has 0 aliphatic heterocycles. The molecular weight excluding hydrogens is 269 g/mol. The van der Waals surface area contributed by atoms with Gasteiger partial charge in [0.25, 0.3) is 0 Å². The molecule has 0 atom stereocenters. The van der Waals surface area contributed by atoms with E-state index in [1.807, 2.05) is 18.9 Å². The lowest BCUT2D eigenvalue weighted by molar-refractivity contribution is -0.122. The molecule has 4 nitrogen and oxygen atoms in total. The number of hydrogen-bond acceptors (Lipinski definition) is 3. The second kappa shape index (κ2) is 9.11. The highest BCUT2D eigenvalue weighted by atomic mass is 19.1. The number of nitrogens with zero attached hydrogens (tertiary/aromatic N) is 1. The predicted molar refractivity (Wildman–Crippen MR) is 82.0 cm³/mol. The average molecular weight is 291 g/mol. The van der Waals surface area contributed by atoms with Crippen LogP contribution in [0.2, 0.25) is 0 Å². The van der Waals surface area contributed by atoms with Gasteiger partial charge in [0.15, 0.2) is 0 Å². The lowest BCUT2D eigenvalue weighted by Gasteiger charge is -2.17. The molecule has 0 aliphatic rings. The van der Waals surface area contributed by atoms with E-state index >= 15 is 0 Å². The van der Waals surface area contributed by atoms with E-state index in [4.69, 9.17) is 5.73 Å². The summed E-state index contributed by atoms with van der Waals surface area (Å²) in [7, 11) is 1.84. The average Bonchev–Trinajstić information content (AvgIpc) is 2.45. The molecule has 0 fully saturated rings. The maximum absolute atomic E-state index is 13.3. The summed E-state index contributed by atoms with van der Waals surface area (Å²) >= 11 is 0. The van der Waals surface area contributed by atoms with Crippen molar-refractivity contribution >= 4 is 5.91 Å². The van der Waals surface area contributed by atoms with Gasteiger partial charge in [-0.15, -0.1) is 0 Å². The Morgan fingerprint density at radius 2 is 2.24 bits per heavy atom. The van der Waals surface area contributed by atoms with Crippen molar-refractivity contribution in [3.63, 3.8) is 0 Å². The molecule has 21 heavy (non-hydrogen) atoms. The zero-order valence-corrected chi connectivity index (χ0v) is 12.6. The van der Waals surface area contributed by atoms with Crippen LogP contribution in [0, 0.1) is 17.7 Å². The van der Waals surface area contributed by atoms with E-state index in [-0.39, 0.29) is 18.3 Å². The van der Waals surface area contributed by atoms with Gasteiger partial charge >= 0.3 is 0 Å². The maximum Gasteiger partial charge on any atom is 0.234 e. The minimum absolute atomic E-state index is 0.0175. The molecule has 0 saturated heterocycles. The summed E-state index contributed by atoms with van der Waals surface area (Å²) in [4.78, 5) is 13.5. The van der Waals surface area contributed by atoms with Crippen LogP contribution in [0.15, 0.2) is 18.2 Å².